The van der Waals surface area contributed by atoms with Crippen molar-refractivity contribution in [2.24, 2.45) is 34.5 Å². The van der Waals surface area contributed by atoms with E-state index in [0.29, 0.717) is 28.7 Å². The molecule has 0 spiro atoms. The van der Waals surface area contributed by atoms with Crippen LogP contribution in [-0.4, -0.2) is 28.9 Å². The number of piperidine rings is 1. The van der Waals surface area contributed by atoms with Gasteiger partial charge in [0.25, 0.3) is 0 Å². The first-order valence-corrected chi connectivity index (χ1v) is 12.2. The Hall–Kier alpha value is -1.64. The number of rotatable bonds is 2. The number of allylic oxidation sites excluding steroid dienone is 1. The van der Waals surface area contributed by atoms with Crippen molar-refractivity contribution in [1.29, 1.82) is 0 Å². The summed E-state index contributed by atoms with van der Waals surface area (Å²) in [6.07, 6.45) is 14.0. The molecule has 1 saturated heterocycles. The van der Waals surface area contributed by atoms with Crippen molar-refractivity contribution in [2.45, 2.75) is 78.2 Å². The summed E-state index contributed by atoms with van der Waals surface area (Å²) in [5, 5.41) is 0. The molecular weight excluding hydrogens is 368 g/mol. The average molecular weight is 407 g/mol. The molecule has 3 heteroatoms. The van der Waals surface area contributed by atoms with Crippen LogP contribution in [0.3, 0.4) is 0 Å². The molecule has 0 unspecified atom stereocenters. The van der Waals surface area contributed by atoms with E-state index in [-0.39, 0.29) is 0 Å². The van der Waals surface area contributed by atoms with Gasteiger partial charge in [-0.25, -0.2) is 0 Å². The molecule has 4 aliphatic rings. The predicted octanol–water partition coefficient (Wildman–Crippen LogP) is 5.96. The molecule has 0 radical (unpaired) electrons. The molecule has 2 heterocycles. The lowest BCUT2D eigenvalue weighted by atomic mass is 9.46. The molecule has 162 valence electrons. The fourth-order valence-electron chi connectivity index (χ4n) is 8.69. The number of nitrogens with zero attached hydrogens (tertiary/aromatic N) is 2. The summed E-state index contributed by atoms with van der Waals surface area (Å²) in [6, 6.07) is 6.67. The summed E-state index contributed by atoms with van der Waals surface area (Å²) < 4.78 is 0. The zero-order chi connectivity index (χ0) is 21.1. The fourth-order valence-corrected chi connectivity index (χ4v) is 8.69. The first-order chi connectivity index (χ1) is 14.3. The number of aromatic nitrogens is 1. The maximum atomic E-state index is 12.4. The van der Waals surface area contributed by atoms with Gasteiger partial charge in [-0.15, -0.1) is 0 Å². The Morgan fingerprint density at radius 1 is 1.07 bits per heavy atom. The molecular formula is C27H38N2O. The minimum absolute atomic E-state index is 0.323. The highest BCUT2D eigenvalue weighted by Crippen LogP contribution is 2.67. The number of carbonyl (C=O) groups is 1. The van der Waals surface area contributed by atoms with E-state index in [9.17, 15) is 4.79 Å². The fraction of sp³-hybridized carbons (Fsp3) is 0.704. The lowest BCUT2D eigenvalue weighted by Gasteiger charge is -2.62. The Morgan fingerprint density at radius 2 is 1.87 bits per heavy atom. The smallest absolute Gasteiger partial charge is 0.222 e. The van der Waals surface area contributed by atoms with Gasteiger partial charge in [0.15, 0.2) is 0 Å². The zero-order valence-electron chi connectivity index (χ0n) is 19.2. The number of likely N-dealkylation sites (tertiary alicyclic amines) is 1. The van der Waals surface area contributed by atoms with Gasteiger partial charge in [0.1, 0.15) is 0 Å². The second kappa shape index (κ2) is 7.21. The number of pyridine rings is 1. The van der Waals surface area contributed by atoms with Crippen LogP contribution in [0.4, 0.5) is 0 Å². The second-order valence-electron chi connectivity index (χ2n) is 11.3. The minimum atomic E-state index is 0.323. The summed E-state index contributed by atoms with van der Waals surface area (Å²) in [7, 11) is 2.06. The number of carbonyl (C=O) groups excluding carboxylic acids is 1. The van der Waals surface area contributed by atoms with E-state index in [1.807, 2.05) is 12.3 Å². The van der Waals surface area contributed by atoms with Crippen molar-refractivity contribution in [1.82, 2.24) is 9.88 Å². The molecule has 5 rings (SSSR count). The predicted molar refractivity (Wildman–Crippen MR) is 122 cm³/mol. The van der Waals surface area contributed by atoms with Crippen molar-refractivity contribution >= 4 is 12.0 Å². The number of hydrogen-bond donors (Lipinski definition) is 0. The van der Waals surface area contributed by atoms with Crippen molar-refractivity contribution < 1.29 is 4.79 Å². The Labute approximate surface area is 182 Å². The molecule has 4 fully saturated rings. The summed E-state index contributed by atoms with van der Waals surface area (Å²) in [4.78, 5) is 19.0. The van der Waals surface area contributed by atoms with Crippen molar-refractivity contribution in [3.8, 4) is 0 Å². The van der Waals surface area contributed by atoms with Crippen LogP contribution in [0.2, 0.25) is 0 Å². The maximum absolute atomic E-state index is 12.4. The van der Waals surface area contributed by atoms with Crippen molar-refractivity contribution in [3.05, 3.63) is 35.7 Å². The van der Waals surface area contributed by atoms with Crippen LogP contribution in [0, 0.1) is 34.5 Å². The van der Waals surface area contributed by atoms with Gasteiger partial charge in [-0.1, -0.05) is 25.5 Å². The zero-order valence-corrected chi connectivity index (χ0v) is 19.2. The highest BCUT2D eigenvalue weighted by molar-refractivity contribution is 5.77. The first-order valence-electron chi connectivity index (χ1n) is 12.2. The quantitative estimate of drug-likeness (QED) is 0.607. The van der Waals surface area contributed by atoms with E-state index in [4.69, 9.17) is 0 Å². The third-order valence-corrected chi connectivity index (χ3v) is 10.2. The molecule has 3 nitrogen and oxygen atoms in total. The highest BCUT2D eigenvalue weighted by atomic mass is 16.2. The van der Waals surface area contributed by atoms with Crippen molar-refractivity contribution in [2.75, 3.05) is 7.05 Å². The molecule has 30 heavy (non-hydrogen) atoms. The van der Waals surface area contributed by atoms with E-state index in [1.54, 1.807) is 0 Å². The summed E-state index contributed by atoms with van der Waals surface area (Å²) in [5.41, 5.74) is 3.37. The van der Waals surface area contributed by atoms with Crippen LogP contribution in [0.5, 0.6) is 0 Å². The highest BCUT2D eigenvalue weighted by Gasteiger charge is 2.61. The minimum Gasteiger partial charge on any atom is -0.342 e. The van der Waals surface area contributed by atoms with Crippen molar-refractivity contribution in [3.63, 3.8) is 0 Å². The van der Waals surface area contributed by atoms with Crippen LogP contribution in [-0.2, 0) is 4.79 Å². The molecule has 0 N–H and O–H groups in total. The standard InChI is InChI=1S/C27H38N2O/c1-18(17-19-7-5-6-16-28-19)21-9-10-22-20-8-11-24-27(3,15-13-25(30)29(24)4)23(20)12-14-26(21,22)2/h5-7,16-17,20-24H,8-15H2,1-4H3/b18-17+/t20-,21+,22-,23-,24+,26+,27+/m0/s1. The number of hydrogen-bond acceptors (Lipinski definition) is 2. The Kier molecular flexibility index (Phi) is 4.87. The molecule has 1 amide bonds. The average Bonchev–Trinajstić information content (AvgIpc) is 3.09. The second-order valence-corrected chi connectivity index (χ2v) is 11.3. The molecule has 1 aromatic rings. The third kappa shape index (κ3) is 2.91. The van der Waals surface area contributed by atoms with Gasteiger partial charge in [0.05, 0.1) is 5.69 Å². The van der Waals surface area contributed by atoms with E-state index in [1.165, 1.54) is 44.1 Å². The summed E-state index contributed by atoms with van der Waals surface area (Å²) >= 11 is 0. The monoisotopic (exact) mass is 406 g/mol. The molecule has 0 aromatic carbocycles. The van der Waals surface area contributed by atoms with E-state index < -0.39 is 0 Å². The van der Waals surface area contributed by atoms with E-state index in [0.717, 1.165) is 36.3 Å². The van der Waals surface area contributed by atoms with E-state index >= 15 is 0 Å². The Bertz CT molecular complexity index is 848. The van der Waals surface area contributed by atoms with Gasteiger partial charge in [-0.3, -0.25) is 9.78 Å². The molecule has 1 aliphatic heterocycles. The summed E-state index contributed by atoms with van der Waals surface area (Å²) in [6.45, 7) is 7.48. The normalized spacial score (nSPS) is 43.7. The van der Waals surface area contributed by atoms with Crippen LogP contribution >= 0.6 is 0 Å². The largest absolute Gasteiger partial charge is 0.342 e. The van der Waals surface area contributed by atoms with Crippen LogP contribution in [0.15, 0.2) is 30.0 Å². The summed E-state index contributed by atoms with van der Waals surface area (Å²) in [5.74, 6) is 3.54. The van der Waals surface area contributed by atoms with E-state index in [2.05, 4.69) is 55.9 Å². The van der Waals surface area contributed by atoms with Gasteiger partial charge in [-0.05, 0) is 105 Å². The topological polar surface area (TPSA) is 33.2 Å². The van der Waals surface area contributed by atoms with Gasteiger partial charge >= 0.3 is 0 Å². The molecule has 3 saturated carbocycles. The maximum Gasteiger partial charge on any atom is 0.222 e. The van der Waals surface area contributed by atoms with Gasteiger partial charge in [0.2, 0.25) is 5.91 Å². The molecule has 0 bridgehead atoms. The third-order valence-electron chi connectivity index (χ3n) is 10.2. The van der Waals surface area contributed by atoms with Gasteiger partial charge in [-0.2, -0.15) is 0 Å². The van der Waals surface area contributed by atoms with Gasteiger partial charge in [0, 0.05) is 25.7 Å². The lowest BCUT2D eigenvalue weighted by Crippen LogP contribution is -2.61. The first kappa shape index (κ1) is 20.3. The number of amides is 1. The van der Waals surface area contributed by atoms with Crippen LogP contribution in [0.25, 0.3) is 6.08 Å². The molecule has 7 atom stereocenters. The van der Waals surface area contributed by atoms with Crippen LogP contribution < -0.4 is 0 Å². The SMILES string of the molecule is C/C(=C\c1ccccn1)[C@H]1CC[C@H]2[C@@H]3CC[C@H]4N(C)C(=O)CC[C@]4(C)[C@H]3CC[C@]12C. The Balaban J connectivity index is 1.40. The van der Waals surface area contributed by atoms with Crippen LogP contribution in [0.1, 0.15) is 77.8 Å². The Morgan fingerprint density at radius 3 is 2.63 bits per heavy atom. The lowest BCUT2D eigenvalue weighted by molar-refractivity contribution is -0.157. The van der Waals surface area contributed by atoms with Gasteiger partial charge < -0.3 is 4.90 Å². The number of fused-ring (bicyclic) bond motifs is 5. The molecule has 1 aromatic heterocycles. The molecule has 3 aliphatic carbocycles.